The van der Waals surface area contributed by atoms with Crippen molar-refractivity contribution in [3.63, 3.8) is 0 Å². The van der Waals surface area contributed by atoms with E-state index < -0.39 is 11.7 Å². The van der Waals surface area contributed by atoms with Gasteiger partial charge in [0.25, 0.3) is 0 Å². The molecule has 0 aliphatic rings. The molecule has 0 amide bonds. The minimum absolute atomic E-state index is 0.467. The van der Waals surface area contributed by atoms with Gasteiger partial charge in [0, 0.05) is 32.7 Å². The van der Waals surface area contributed by atoms with Gasteiger partial charge in [-0.1, -0.05) is 58.7 Å². The van der Waals surface area contributed by atoms with Gasteiger partial charge in [0.2, 0.25) is 0 Å². The Morgan fingerprint density at radius 2 is 0.873 bits per heavy atom. The van der Waals surface area contributed by atoms with Crippen LogP contribution in [0.4, 0.5) is 13.2 Å². The van der Waals surface area contributed by atoms with Crippen molar-refractivity contribution in [2.45, 2.75) is 40.8 Å². The van der Waals surface area contributed by atoms with Crippen LogP contribution in [0.25, 0.3) is 77.2 Å². The van der Waals surface area contributed by atoms with Crippen molar-refractivity contribution in [1.29, 1.82) is 5.26 Å². The van der Waals surface area contributed by atoms with E-state index in [4.69, 9.17) is 0 Å². The first-order valence-corrected chi connectivity index (χ1v) is 18.3. The van der Waals surface area contributed by atoms with Gasteiger partial charge in [-0.2, -0.15) is 18.4 Å². The lowest BCUT2D eigenvalue weighted by Crippen LogP contribution is -2.05. The molecule has 268 valence electrons. The van der Waals surface area contributed by atoms with Crippen molar-refractivity contribution in [2.24, 2.45) is 0 Å². The predicted octanol–water partition coefficient (Wildman–Crippen LogP) is 13.6. The molecule has 3 nitrogen and oxygen atoms in total. The summed E-state index contributed by atoms with van der Waals surface area (Å²) in [6.07, 6.45) is -4.50. The third-order valence-corrected chi connectivity index (χ3v) is 10.8. The predicted molar refractivity (Wildman–Crippen MR) is 219 cm³/mol. The highest BCUT2D eigenvalue weighted by Gasteiger charge is 2.31. The number of rotatable bonds is 4. The maximum absolute atomic E-state index is 14.2. The van der Waals surface area contributed by atoms with Gasteiger partial charge >= 0.3 is 6.18 Å². The molecule has 0 aliphatic heterocycles. The molecule has 0 fully saturated rings. The number of hydrogen-bond donors (Lipinski definition) is 0. The second kappa shape index (κ2) is 12.5. The first-order chi connectivity index (χ1) is 26.4. The van der Waals surface area contributed by atoms with Gasteiger partial charge in [-0.05, 0) is 142 Å². The molecule has 0 unspecified atom stereocenters. The lowest BCUT2D eigenvalue weighted by molar-refractivity contribution is -0.137. The zero-order valence-electron chi connectivity index (χ0n) is 31.1. The first-order valence-electron chi connectivity index (χ1n) is 18.3. The molecule has 0 saturated carbocycles. The van der Waals surface area contributed by atoms with E-state index in [0.717, 1.165) is 88.4 Å². The molecular weight excluding hydrogens is 688 g/mol. The molecule has 9 rings (SSSR count). The van der Waals surface area contributed by atoms with Crippen LogP contribution in [0.3, 0.4) is 0 Å². The molecule has 0 spiro atoms. The van der Waals surface area contributed by atoms with Crippen LogP contribution in [-0.4, -0.2) is 9.13 Å². The summed E-state index contributed by atoms with van der Waals surface area (Å²) in [6.45, 7) is 10.0. The summed E-state index contributed by atoms with van der Waals surface area (Å²) in [4.78, 5) is 0. The third kappa shape index (κ3) is 5.66. The van der Waals surface area contributed by atoms with Crippen LogP contribution in [0.5, 0.6) is 0 Å². The van der Waals surface area contributed by atoms with Crippen LogP contribution in [0.1, 0.15) is 38.9 Å². The number of nitriles is 1. The number of fused-ring (bicyclic) bond motifs is 6. The lowest BCUT2D eigenvalue weighted by Gasteiger charge is -2.20. The summed E-state index contributed by atoms with van der Waals surface area (Å²) in [5, 5.41) is 14.8. The highest BCUT2D eigenvalue weighted by Crippen LogP contribution is 2.44. The molecule has 0 saturated heterocycles. The molecule has 0 aliphatic carbocycles. The highest BCUT2D eigenvalue weighted by atomic mass is 19.4. The summed E-state index contributed by atoms with van der Waals surface area (Å²) in [6, 6.07) is 44.0. The van der Waals surface area contributed by atoms with E-state index in [9.17, 15) is 18.4 Å². The minimum atomic E-state index is -4.50. The Hall–Kier alpha value is -6.58. The summed E-state index contributed by atoms with van der Waals surface area (Å²) in [5.74, 6) is 0. The summed E-state index contributed by atoms with van der Waals surface area (Å²) in [7, 11) is 0. The van der Waals surface area contributed by atoms with Gasteiger partial charge in [-0.15, -0.1) is 0 Å². The third-order valence-electron chi connectivity index (χ3n) is 10.8. The van der Waals surface area contributed by atoms with Crippen molar-refractivity contribution in [1.82, 2.24) is 9.13 Å². The topological polar surface area (TPSA) is 33.6 Å². The largest absolute Gasteiger partial charge is 0.416 e. The SMILES string of the molecule is Cc1cc(-c2ccc(-n3c4ccc(C)cc4c4cc(C)ccc43)c(-c3cc(C#N)ccc3-n3c4ccc(C)cc4c4cc(C)ccc43)c2)cc(C(F)(F)F)c1. The Morgan fingerprint density at radius 3 is 1.31 bits per heavy atom. The number of hydrogen-bond acceptors (Lipinski definition) is 1. The average molecular weight is 724 g/mol. The zero-order chi connectivity index (χ0) is 38.3. The maximum atomic E-state index is 14.2. The maximum Gasteiger partial charge on any atom is 0.416 e. The number of benzene rings is 7. The first kappa shape index (κ1) is 34.2. The second-order valence-electron chi connectivity index (χ2n) is 14.9. The lowest BCUT2D eigenvalue weighted by atomic mass is 9.93. The van der Waals surface area contributed by atoms with E-state index in [1.54, 1.807) is 13.0 Å². The van der Waals surface area contributed by atoms with Crippen LogP contribution in [-0.2, 0) is 6.18 Å². The Labute approximate surface area is 317 Å². The average Bonchev–Trinajstić information content (AvgIpc) is 3.64. The fourth-order valence-electron chi connectivity index (χ4n) is 8.28. The smallest absolute Gasteiger partial charge is 0.309 e. The van der Waals surface area contributed by atoms with Gasteiger partial charge in [-0.25, -0.2) is 0 Å². The van der Waals surface area contributed by atoms with Crippen molar-refractivity contribution in [3.05, 3.63) is 166 Å². The second-order valence-corrected chi connectivity index (χ2v) is 14.9. The number of alkyl halides is 3. The highest BCUT2D eigenvalue weighted by molar-refractivity contribution is 6.12. The van der Waals surface area contributed by atoms with Gasteiger partial charge in [0.05, 0.1) is 50.6 Å². The number of aryl methyl sites for hydroxylation is 5. The Morgan fingerprint density at radius 1 is 0.436 bits per heavy atom. The van der Waals surface area contributed by atoms with Gasteiger partial charge < -0.3 is 9.13 Å². The van der Waals surface area contributed by atoms with E-state index >= 15 is 0 Å². The molecule has 0 bridgehead atoms. The quantitative estimate of drug-likeness (QED) is 0.178. The van der Waals surface area contributed by atoms with Crippen LogP contribution in [0, 0.1) is 45.9 Å². The van der Waals surface area contributed by atoms with Gasteiger partial charge in [0.15, 0.2) is 0 Å². The Kier molecular flexibility index (Phi) is 7.77. The normalized spacial score (nSPS) is 12.0. The van der Waals surface area contributed by atoms with Crippen LogP contribution in [0.15, 0.2) is 127 Å². The standard InChI is InChI=1S/C49H36F3N3/c1-28-6-12-43-37(20-28)38-21-29(2)7-13-44(38)54(43)47-16-10-33(27-53)24-41(47)42-26-34(35-18-32(5)19-36(25-35)49(50,51)52)11-17-48(42)55-45-14-8-30(3)22-39(45)40-23-31(4)9-15-46(40)55/h6-26H,1-5H3. The van der Waals surface area contributed by atoms with E-state index in [-0.39, 0.29) is 0 Å². The fourth-order valence-corrected chi connectivity index (χ4v) is 8.28. The van der Waals surface area contributed by atoms with Gasteiger partial charge in [0.1, 0.15) is 0 Å². The van der Waals surface area contributed by atoms with Crippen molar-refractivity contribution >= 4 is 43.6 Å². The minimum Gasteiger partial charge on any atom is -0.309 e. The molecule has 0 N–H and O–H groups in total. The molecule has 9 aromatic rings. The van der Waals surface area contributed by atoms with E-state index in [0.29, 0.717) is 22.3 Å². The Bertz CT molecular complexity index is 2980. The zero-order valence-corrected chi connectivity index (χ0v) is 31.1. The Balaban J connectivity index is 1.43. The monoisotopic (exact) mass is 723 g/mol. The summed E-state index contributed by atoms with van der Waals surface area (Å²) < 4.78 is 47.0. The van der Waals surface area contributed by atoms with E-state index in [2.05, 4.69) is 116 Å². The molecule has 55 heavy (non-hydrogen) atoms. The number of aromatic nitrogens is 2. The van der Waals surface area contributed by atoms with Crippen molar-refractivity contribution in [3.8, 4) is 39.7 Å². The molecule has 0 radical (unpaired) electrons. The van der Waals surface area contributed by atoms with Crippen LogP contribution in [0.2, 0.25) is 0 Å². The van der Waals surface area contributed by atoms with E-state index in [1.807, 2.05) is 36.4 Å². The molecule has 7 aromatic carbocycles. The van der Waals surface area contributed by atoms with Crippen LogP contribution < -0.4 is 0 Å². The van der Waals surface area contributed by atoms with E-state index in [1.165, 1.54) is 12.1 Å². The molecule has 2 heterocycles. The number of nitrogens with zero attached hydrogens (tertiary/aromatic N) is 3. The molecular formula is C49H36F3N3. The molecule has 2 aromatic heterocycles. The molecule has 0 atom stereocenters. The fraction of sp³-hybridized carbons (Fsp3) is 0.122. The van der Waals surface area contributed by atoms with Crippen molar-refractivity contribution in [2.75, 3.05) is 0 Å². The number of halogens is 3. The van der Waals surface area contributed by atoms with Crippen molar-refractivity contribution < 1.29 is 13.2 Å². The summed E-state index contributed by atoms with van der Waals surface area (Å²) >= 11 is 0. The van der Waals surface area contributed by atoms with Gasteiger partial charge in [-0.3, -0.25) is 0 Å². The van der Waals surface area contributed by atoms with Crippen LogP contribution >= 0.6 is 0 Å². The summed E-state index contributed by atoms with van der Waals surface area (Å²) in [5.41, 5.74) is 13.3. The molecule has 6 heteroatoms.